The smallest absolute Gasteiger partial charge is 0.272 e. The number of primary sulfonamides is 1. The van der Waals surface area contributed by atoms with Crippen molar-refractivity contribution in [1.82, 2.24) is 4.13 Å². The Labute approximate surface area is 239 Å². The molecule has 0 amide bonds. The van der Waals surface area contributed by atoms with Gasteiger partial charge in [0.2, 0.25) is 0 Å². The van der Waals surface area contributed by atoms with Gasteiger partial charge in [-0.25, -0.2) is 34.8 Å². The van der Waals surface area contributed by atoms with Gasteiger partial charge in [0.05, 0.1) is 0 Å². The van der Waals surface area contributed by atoms with Gasteiger partial charge in [0.1, 0.15) is 0 Å². The van der Waals surface area contributed by atoms with Crippen molar-refractivity contribution in [2.45, 2.75) is 77.1 Å². The average molecular weight is 800 g/mol. The molecule has 1 atom stereocenters. The number of halogens is 21. The first-order valence-corrected chi connectivity index (χ1v) is 14.1. The van der Waals surface area contributed by atoms with Crippen LogP contribution in [-0.2, 0) is 34.8 Å². The van der Waals surface area contributed by atoms with Crippen LogP contribution in [0.15, 0.2) is 0 Å². The van der Waals surface area contributed by atoms with E-state index in [1.54, 1.807) is 4.74 Å². The Kier molecular flexibility index (Phi) is 10.5. The molecule has 0 aliphatic rings. The third-order valence-electron chi connectivity index (χ3n) is 4.93. The molecule has 0 aliphatic carbocycles. The average Bonchev–Trinajstić information content (AvgIpc) is 2.74. The number of nitrogens with one attached hydrogen (secondary N) is 1. The van der Waals surface area contributed by atoms with Crippen LogP contribution in [0.5, 0.6) is 0 Å². The fourth-order valence-corrected chi connectivity index (χ4v) is 5.70. The molecule has 0 aromatic carbocycles. The second kappa shape index (κ2) is 10.9. The Hall–Kier alpha value is -1.74. The first-order chi connectivity index (χ1) is 19.2. The van der Waals surface area contributed by atoms with Gasteiger partial charge in [0, 0.05) is 13.8 Å². The van der Waals surface area contributed by atoms with Crippen molar-refractivity contribution < 1.29 is 122 Å². The predicted molar refractivity (Wildman–Crippen MR) is 99.8 cm³/mol. The van der Waals surface area contributed by atoms with E-state index in [4.69, 9.17) is 0 Å². The molecule has 0 aromatic rings. The Morgan fingerprint density at radius 3 is 1.04 bits per heavy atom. The van der Waals surface area contributed by atoms with Gasteiger partial charge < -0.3 is 0 Å². The minimum Gasteiger partial charge on any atom is -0.272 e. The van der Waals surface area contributed by atoms with Crippen LogP contribution in [-0.4, -0.2) is 88.5 Å². The summed E-state index contributed by atoms with van der Waals surface area (Å²) < 4.78 is 351. The Bertz CT molecular complexity index is 1500. The Morgan fingerprint density at radius 1 is 0.457 bits per heavy atom. The van der Waals surface area contributed by atoms with E-state index in [0.717, 1.165) is 0 Å². The van der Waals surface area contributed by atoms with Crippen molar-refractivity contribution in [2.24, 2.45) is 5.14 Å². The minimum atomic E-state index is -9.05. The molecule has 0 fully saturated rings. The highest BCUT2D eigenvalue weighted by Gasteiger charge is 2.89. The number of alkyl halides is 21. The number of nitrogens with two attached hydrogens (primary N) is 1. The number of ether oxygens (including phenoxy) is 1. The van der Waals surface area contributed by atoms with Gasteiger partial charge in [-0.05, 0) is 0 Å². The maximum atomic E-state index is 14.0. The number of hydrogen-bond acceptors (Lipinski definition) is 7. The molecule has 33 heteroatoms. The van der Waals surface area contributed by atoms with E-state index >= 15 is 0 Å². The zero-order valence-corrected chi connectivity index (χ0v) is 23.0. The number of rotatable bonds is 15. The van der Waals surface area contributed by atoms with Crippen LogP contribution in [0.2, 0.25) is 0 Å². The van der Waals surface area contributed by atoms with Crippen LogP contribution in [0, 0.1) is 0 Å². The molecule has 0 aromatic heterocycles. The molecular formula is C13H9F21N2O7S3. The summed E-state index contributed by atoms with van der Waals surface area (Å²) in [5, 5.41) is -20.9. The molecule has 0 spiro atoms. The van der Waals surface area contributed by atoms with E-state index in [1.165, 1.54) is 0 Å². The lowest BCUT2D eigenvalue weighted by Crippen LogP contribution is -2.70. The molecule has 0 saturated heterocycles. The lowest BCUT2D eigenvalue weighted by Gasteiger charge is -2.41. The van der Waals surface area contributed by atoms with Crippen molar-refractivity contribution in [3.8, 4) is 0 Å². The van der Waals surface area contributed by atoms with E-state index in [0.29, 0.717) is 0 Å². The number of hydrogen-bond donors (Lipinski definition) is 2. The SMILES string of the molecule is CC(F)(F)C(F)(F)C(F)(F)C(C)(F)OC(F)(F)C(F)(F)C(F)(F)C(F)(F)S(=O)(=O)NS(=O)(=O)C(F)(F)C(F)(F)C(F)(F)S(N)(=O)=O. The molecule has 0 rings (SSSR count). The molecule has 3 N–H and O–H groups in total. The van der Waals surface area contributed by atoms with E-state index in [-0.39, 0.29) is 0 Å². The van der Waals surface area contributed by atoms with E-state index < -0.39 is 111 Å². The lowest BCUT2D eigenvalue weighted by molar-refractivity contribution is -0.482. The van der Waals surface area contributed by atoms with Crippen molar-refractivity contribution in [1.29, 1.82) is 0 Å². The first kappa shape index (κ1) is 44.3. The van der Waals surface area contributed by atoms with Crippen LogP contribution in [0.1, 0.15) is 13.8 Å². The molecule has 0 bridgehead atoms. The van der Waals surface area contributed by atoms with Crippen LogP contribution < -0.4 is 9.27 Å². The normalized spacial score (nSPS) is 18.0. The quantitative estimate of drug-likeness (QED) is 0.233. The van der Waals surface area contributed by atoms with E-state index in [9.17, 15) is 117 Å². The van der Waals surface area contributed by atoms with Gasteiger partial charge in [-0.1, -0.05) is 4.13 Å². The van der Waals surface area contributed by atoms with Crippen LogP contribution in [0.3, 0.4) is 0 Å². The molecule has 9 nitrogen and oxygen atoms in total. The van der Waals surface area contributed by atoms with Gasteiger partial charge in [0.15, 0.2) is 0 Å². The Balaban J connectivity index is 7.07. The van der Waals surface area contributed by atoms with E-state index in [1.807, 2.05) is 0 Å². The van der Waals surface area contributed by atoms with Gasteiger partial charge >= 0.3 is 57.4 Å². The third-order valence-corrected chi connectivity index (χ3v) is 9.52. The fraction of sp³-hybridized carbons (Fsp3) is 1.00. The zero-order chi connectivity index (χ0) is 38.4. The van der Waals surface area contributed by atoms with Gasteiger partial charge in [0.25, 0.3) is 35.9 Å². The molecule has 46 heavy (non-hydrogen) atoms. The highest BCUT2D eigenvalue weighted by Crippen LogP contribution is 2.59. The maximum Gasteiger partial charge on any atom is 0.429 e. The summed E-state index contributed by atoms with van der Waals surface area (Å²) in [6, 6.07) is 0. The first-order valence-electron chi connectivity index (χ1n) is 9.63. The molecule has 0 saturated carbocycles. The lowest BCUT2D eigenvalue weighted by atomic mass is 9.99. The topological polar surface area (TPSA) is 150 Å². The summed E-state index contributed by atoms with van der Waals surface area (Å²) >= 11 is 0. The molecule has 1 unspecified atom stereocenters. The summed E-state index contributed by atoms with van der Waals surface area (Å²) in [6.45, 7) is -2.82. The molecule has 0 aliphatic heterocycles. The van der Waals surface area contributed by atoms with Gasteiger partial charge in [-0.3, -0.25) is 4.74 Å². The Morgan fingerprint density at radius 2 is 0.761 bits per heavy atom. The molecular weight excluding hydrogens is 791 g/mol. The molecule has 0 heterocycles. The maximum absolute atomic E-state index is 14.0. The number of sulfonamides is 3. The molecule has 278 valence electrons. The summed E-state index contributed by atoms with van der Waals surface area (Å²) in [4.78, 5) is 0. The van der Waals surface area contributed by atoms with Crippen molar-refractivity contribution in [2.75, 3.05) is 0 Å². The van der Waals surface area contributed by atoms with E-state index in [2.05, 4.69) is 5.14 Å². The monoisotopic (exact) mass is 800 g/mol. The second-order valence-electron chi connectivity index (χ2n) is 8.48. The summed E-state index contributed by atoms with van der Waals surface area (Å²) in [7, 11) is -25.3. The zero-order valence-electron chi connectivity index (χ0n) is 20.6. The predicted octanol–water partition coefficient (Wildman–Crippen LogP) is 4.43. The van der Waals surface area contributed by atoms with Crippen molar-refractivity contribution in [3.63, 3.8) is 0 Å². The van der Waals surface area contributed by atoms with Crippen LogP contribution in [0.4, 0.5) is 92.2 Å². The highest BCUT2D eigenvalue weighted by molar-refractivity contribution is 8.05. The second-order valence-corrected chi connectivity index (χ2v) is 13.8. The summed E-state index contributed by atoms with van der Waals surface area (Å²) in [6.07, 6.45) is -8.27. The van der Waals surface area contributed by atoms with Crippen molar-refractivity contribution in [3.05, 3.63) is 0 Å². The minimum absolute atomic E-state index is 1.21. The van der Waals surface area contributed by atoms with Gasteiger partial charge in [-0.2, -0.15) is 87.8 Å². The standard InChI is InChI=1S/C13H9F21N2O7S3/c1-3(14,15)5(17,18)6(19,20)4(2,16)43-10(27,28)7(21,22)8(23,24)12(31,32)45(39,40)36-46(41,42)13(33,34)9(25,26)11(29,30)44(35,37)38/h36H,1-2H3,(H2,35,37,38). The third kappa shape index (κ3) is 6.03. The highest BCUT2D eigenvalue weighted by atomic mass is 32.3. The largest absolute Gasteiger partial charge is 0.429 e. The van der Waals surface area contributed by atoms with Crippen LogP contribution >= 0.6 is 0 Å². The fourth-order valence-electron chi connectivity index (χ4n) is 2.23. The molecule has 0 radical (unpaired) electrons. The summed E-state index contributed by atoms with van der Waals surface area (Å²) in [5.41, 5.74) is 0. The van der Waals surface area contributed by atoms with Crippen molar-refractivity contribution >= 4 is 30.1 Å². The van der Waals surface area contributed by atoms with Crippen LogP contribution in [0.25, 0.3) is 0 Å². The van der Waals surface area contributed by atoms with Gasteiger partial charge in [-0.15, -0.1) is 0 Å². The summed E-state index contributed by atoms with van der Waals surface area (Å²) in [5.74, 6) is -53.6.